The predicted molar refractivity (Wildman–Crippen MR) is 117 cm³/mol. The van der Waals surface area contributed by atoms with E-state index in [9.17, 15) is 22.0 Å². The summed E-state index contributed by atoms with van der Waals surface area (Å²) < 4.78 is 71.2. The zero-order valence-corrected chi connectivity index (χ0v) is 17.7. The number of benzene rings is 3. The lowest BCUT2D eigenvalue weighted by Crippen LogP contribution is -1.95. The monoisotopic (exact) mass is 457 g/mol. The van der Waals surface area contributed by atoms with Crippen molar-refractivity contribution in [1.29, 1.82) is 0 Å². The molecule has 0 aliphatic rings. The standard InChI is InChI=1S/C25H16F5NS/c1-2-3-4-16-10-21(27)19(22(28)11-16)8-6-15-5-7-18(20(26)9-15)17-12-23(29)25(31-14-32)24(30)13-17/h5,7,9-13H,2-4H2,1H3. The fourth-order valence-corrected chi connectivity index (χ4v) is 3.20. The average Bonchev–Trinajstić information content (AvgIpc) is 2.74. The second-order valence-corrected chi connectivity index (χ2v) is 7.16. The summed E-state index contributed by atoms with van der Waals surface area (Å²) in [6, 6.07) is 8.00. The van der Waals surface area contributed by atoms with E-state index in [4.69, 9.17) is 0 Å². The van der Waals surface area contributed by atoms with Crippen molar-refractivity contribution < 1.29 is 22.0 Å². The Morgan fingerprint density at radius 1 is 0.812 bits per heavy atom. The Kier molecular flexibility index (Phi) is 7.53. The first-order valence-corrected chi connectivity index (χ1v) is 10.1. The third-order valence-electron chi connectivity index (χ3n) is 4.71. The quantitative estimate of drug-likeness (QED) is 0.167. The van der Waals surface area contributed by atoms with Crippen LogP contribution >= 0.6 is 12.2 Å². The van der Waals surface area contributed by atoms with Gasteiger partial charge in [0.15, 0.2) is 11.6 Å². The number of halogens is 5. The van der Waals surface area contributed by atoms with E-state index < -0.39 is 40.3 Å². The highest BCUT2D eigenvalue weighted by Crippen LogP contribution is 2.30. The van der Waals surface area contributed by atoms with Crippen LogP contribution in [0.4, 0.5) is 27.6 Å². The maximum absolute atomic E-state index is 14.6. The third kappa shape index (κ3) is 5.28. The van der Waals surface area contributed by atoms with Crippen LogP contribution in [0.3, 0.4) is 0 Å². The van der Waals surface area contributed by atoms with Gasteiger partial charge >= 0.3 is 0 Å². The lowest BCUT2D eigenvalue weighted by atomic mass is 10.0. The van der Waals surface area contributed by atoms with E-state index in [1.54, 1.807) is 0 Å². The lowest BCUT2D eigenvalue weighted by Gasteiger charge is -2.07. The Labute approximate surface area is 187 Å². The maximum Gasteiger partial charge on any atom is 0.153 e. The Bertz CT molecular complexity index is 1240. The molecule has 7 heteroatoms. The Morgan fingerprint density at radius 3 is 2.03 bits per heavy atom. The van der Waals surface area contributed by atoms with Crippen LogP contribution in [0.1, 0.15) is 36.5 Å². The van der Waals surface area contributed by atoms with Gasteiger partial charge in [0.1, 0.15) is 23.1 Å². The molecular formula is C25H16F5NS. The zero-order chi connectivity index (χ0) is 23.3. The highest BCUT2D eigenvalue weighted by molar-refractivity contribution is 7.78. The number of hydrogen-bond acceptors (Lipinski definition) is 2. The summed E-state index contributed by atoms with van der Waals surface area (Å²) in [7, 11) is 0. The lowest BCUT2D eigenvalue weighted by molar-refractivity contribution is 0.572. The average molecular weight is 457 g/mol. The molecule has 32 heavy (non-hydrogen) atoms. The molecule has 0 heterocycles. The molecule has 3 aromatic carbocycles. The smallest absolute Gasteiger partial charge is 0.153 e. The molecule has 0 amide bonds. The van der Waals surface area contributed by atoms with Crippen molar-refractivity contribution >= 4 is 23.1 Å². The summed E-state index contributed by atoms with van der Waals surface area (Å²) in [4.78, 5) is 3.31. The highest BCUT2D eigenvalue weighted by atomic mass is 32.1. The Balaban J connectivity index is 1.91. The maximum atomic E-state index is 14.6. The van der Waals surface area contributed by atoms with Crippen molar-refractivity contribution in [2.75, 3.05) is 0 Å². The van der Waals surface area contributed by atoms with Crippen LogP contribution < -0.4 is 0 Å². The van der Waals surface area contributed by atoms with E-state index in [1.807, 2.05) is 12.1 Å². The summed E-state index contributed by atoms with van der Waals surface area (Å²) in [5, 5.41) is 1.88. The number of rotatable bonds is 5. The third-order valence-corrected chi connectivity index (χ3v) is 4.80. The molecule has 1 nitrogen and oxygen atoms in total. The molecule has 0 saturated carbocycles. The van der Waals surface area contributed by atoms with Gasteiger partial charge in [0.05, 0.1) is 10.7 Å². The number of thiocarbonyl (C=S) groups is 1. The predicted octanol–water partition coefficient (Wildman–Crippen LogP) is 7.53. The SMILES string of the molecule is CCCCc1cc(F)c(C#Cc2ccc(-c3cc(F)c(N=C=S)c(F)c3)c(F)c2)c(F)c1. The van der Waals surface area contributed by atoms with Crippen molar-refractivity contribution in [3.63, 3.8) is 0 Å². The van der Waals surface area contributed by atoms with Gasteiger partial charge in [-0.2, -0.15) is 4.99 Å². The minimum atomic E-state index is -1.02. The number of hydrogen-bond donors (Lipinski definition) is 0. The van der Waals surface area contributed by atoms with Crippen molar-refractivity contribution in [1.82, 2.24) is 0 Å². The van der Waals surface area contributed by atoms with Gasteiger partial charge in [-0.3, -0.25) is 0 Å². The van der Waals surface area contributed by atoms with Gasteiger partial charge in [-0.05, 0) is 72.6 Å². The second-order valence-electron chi connectivity index (χ2n) is 6.97. The first-order valence-electron chi connectivity index (χ1n) is 9.70. The number of unbranched alkanes of at least 4 members (excludes halogenated alkanes) is 1. The summed E-state index contributed by atoms with van der Waals surface area (Å²) in [5.41, 5.74) is -0.471. The number of nitrogens with zero attached hydrogens (tertiary/aromatic N) is 1. The highest BCUT2D eigenvalue weighted by Gasteiger charge is 2.14. The summed E-state index contributed by atoms with van der Waals surface area (Å²) in [6.45, 7) is 1.98. The van der Waals surface area contributed by atoms with Crippen molar-refractivity contribution in [3.8, 4) is 23.0 Å². The summed E-state index contributed by atoms with van der Waals surface area (Å²) in [6.07, 6.45) is 2.27. The first kappa shape index (κ1) is 23.3. The molecule has 162 valence electrons. The van der Waals surface area contributed by atoms with Crippen LogP contribution in [0.5, 0.6) is 0 Å². The minimum Gasteiger partial charge on any atom is -0.206 e. The molecular weight excluding hydrogens is 441 g/mol. The van der Waals surface area contributed by atoms with E-state index in [0.717, 1.165) is 31.0 Å². The van der Waals surface area contributed by atoms with Crippen LogP contribution in [-0.4, -0.2) is 5.16 Å². The molecule has 0 radical (unpaired) electrons. The van der Waals surface area contributed by atoms with Crippen LogP contribution in [-0.2, 0) is 6.42 Å². The zero-order valence-electron chi connectivity index (χ0n) is 16.9. The topological polar surface area (TPSA) is 12.4 Å². The van der Waals surface area contributed by atoms with Crippen molar-refractivity contribution in [2.45, 2.75) is 26.2 Å². The van der Waals surface area contributed by atoms with Crippen molar-refractivity contribution in [2.24, 2.45) is 4.99 Å². The molecule has 0 atom stereocenters. The molecule has 0 unspecified atom stereocenters. The second kappa shape index (κ2) is 10.3. The number of aliphatic imine (C=N–C) groups is 1. The normalized spacial score (nSPS) is 10.3. The summed E-state index contributed by atoms with van der Waals surface area (Å²) >= 11 is 4.34. The Morgan fingerprint density at radius 2 is 1.47 bits per heavy atom. The molecule has 3 rings (SSSR count). The molecule has 0 saturated heterocycles. The van der Waals surface area contributed by atoms with E-state index in [0.29, 0.717) is 12.0 Å². The van der Waals surface area contributed by atoms with Gasteiger partial charge in [0.2, 0.25) is 0 Å². The van der Waals surface area contributed by atoms with Crippen LogP contribution in [0, 0.1) is 40.9 Å². The molecule has 0 aliphatic heterocycles. The largest absolute Gasteiger partial charge is 0.206 e. The fourth-order valence-electron chi connectivity index (χ4n) is 3.11. The molecule has 0 bridgehead atoms. The summed E-state index contributed by atoms with van der Waals surface area (Å²) in [5.74, 6) is 0.492. The molecule has 3 aromatic rings. The van der Waals surface area contributed by atoms with Crippen LogP contribution in [0.25, 0.3) is 11.1 Å². The first-order chi connectivity index (χ1) is 15.3. The Hall–Kier alpha value is -3.33. The van der Waals surface area contributed by atoms with Gasteiger partial charge < -0.3 is 0 Å². The molecule has 0 aliphatic carbocycles. The van der Waals surface area contributed by atoms with Gasteiger partial charge in [-0.25, -0.2) is 22.0 Å². The van der Waals surface area contributed by atoms with Gasteiger partial charge in [0.25, 0.3) is 0 Å². The van der Waals surface area contributed by atoms with E-state index in [2.05, 4.69) is 29.1 Å². The van der Waals surface area contributed by atoms with E-state index in [-0.39, 0.29) is 16.7 Å². The minimum absolute atomic E-state index is 0.0555. The molecule has 0 fully saturated rings. The van der Waals surface area contributed by atoms with Crippen LogP contribution in [0.15, 0.2) is 47.5 Å². The molecule has 0 N–H and O–H groups in total. The molecule has 0 spiro atoms. The van der Waals surface area contributed by atoms with Gasteiger partial charge in [0, 0.05) is 11.1 Å². The van der Waals surface area contributed by atoms with Gasteiger partial charge in [-0.1, -0.05) is 31.3 Å². The molecule has 0 aromatic heterocycles. The fraction of sp³-hybridized carbons (Fsp3) is 0.160. The van der Waals surface area contributed by atoms with Crippen molar-refractivity contribution in [3.05, 3.63) is 88.2 Å². The number of isothiocyanates is 1. The van der Waals surface area contributed by atoms with E-state index in [1.165, 1.54) is 24.3 Å². The number of aryl methyl sites for hydroxylation is 1. The van der Waals surface area contributed by atoms with Crippen LogP contribution in [0.2, 0.25) is 0 Å². The van der Waals surface area contributed by atoms with E-state index >= 15 is 0 Å². The van der Waals surface area contributed by atoms with Gasteiger partial charge in [-0.15, -0.1) is 0 Å².